The van der Waals surface area contributed by atoms with Crippen LogP contribution in [-0.4, -0.2) is 11.8 Å². The largest absolute Gasteiger partial charge is 0.355 e. The van der Waals surface area contributed by atoms with Gasteiger partial charge in [-0.15, -0.1) is 22.7 Å². The Labute approximate surface area is 407 Å². The molecular weight excluding hydrogens is 860 g/mol. The van der Waals surface area contributed by atoms with Crippen molar-refractivity contribution in [3.63, 3.8) is 0 Å². The van der Waals surface area contributed by atoms with Crippen molar-refractivity contribution in [2.24, 2.45) is 0 Å². The molecule has 0 atom stereocenters. The van der Waals surface area contributed by atoms with E-state index in [0.717, 1.165) is 18.7 Å². The molecule has 0 radical (unpaired) electrons. The lowest BCUT2D eigenvalue weighted by molar-refractivity contribution is 0.331. The maximum Gasteiger partial charge on any atom is 0.198 e. The van der Waals surface area contributed by atoms with Crippen LogP contribution in [0, 0.1) is 0 Å². The molecule has 3 aromatic heterocycles. The summed E-state index contributed by atoms with van der Waals surface area (Å²) in [6.45, 7) is 21.7. The van der Waals surface area contributed by atoms with Crippen molar-refractivity contribution >= 4 is 114 Å². The second kappa shape index (κ2) is 13.6. The smallest absolute Gasteiger partial charge is 0.198 e. The first-order valence-corrected chi connectivity index (χ1v) is 26.3. The van der Waals surface area contributed by atoms with E-state index in [4.69, 9.17) is 0 Å². The Balaban J connectivity index is 1.06. The summed E-state index contributed by atoms with van der Waals surface area (Å²) < 4.78 is 8.03. The molecule has 68 heavy (non-hydrogen) atoms. The van der Waals surface area contributed by atoms with Gasteiger partial charge in [0.1, 0.15) is 0 Å². The van der Waals surface area contributed by atoms with Gasteiger partial charge in [0.05, 0.1) is 5.52 Å². The summed E-state index contributed by atoms with van der Waals surface area (Å²) >= 11 is 3.83. The van der Waals surface area contributed by atoms with Crippen LogP contribution < -0.4 is 16.2 Å². The van der Waals surface area contributed by atoms with Crippen LogP contribution in [0.1, 0.15) is 103 Å². The third kappa shape index (κ3) is 5.64. The zero-order chi connectivity index (χ0) is 46.4. The summed E-state index contributed by atoms with van der Waals surface area (Å²) in [5.41, 5.74) is 21.8. The van der Waals surface area contributed by atoms with E-state index in [9.17, 15) is 0 Å². The Morgan fingerprint density at radius 1 is 0.515 bits per heavy atom. The topological polar surface area (TPSA) is 17.0 Å². The molecule has 1 N–H and O–H groups in total. The van der Waals surface area contributed by atoms with E-state index in [1.54, 1.807) is 0 Å². The summed E-state index contributed by atoms with van der Waals surface area (Å²) in [6, 6.07) is 52.3. The van der Waals surface area contributed by atoms with E-state index in [1.165, 1.54) is 142 Å². The van der Waals surface area contributed by atoms with Gasteiger partial charge in [-0.05, 0) is 145 Å². The molecule has 0 bridgehead atoms. The summed E-state index contributed by atoms with van der Waals surface area (Å²) in [7, 11) is 0.853. The fourth-order valence-electron chi connectivity index (χ4n) is 12.8. The molecule has 0 fully saturated rings. The highest BCUT2D eigenvalue weighted by Gasteiger charge is 2.43. The fourth-order valence-corrected chi connectivity index (χ4v) is 15.0. The zero-order valence-electron chi connectivity index (χ0n) is 40.6. The molecule has 0 saturated carbocycles. The van der Waals surface area contributed by atoms with Crippen LogP contribution >= 0.6 is 22.7 Å². The van der Waals surface area contributed by atoms with Crippen LogP contribution in [0.5, 0.6) is 0 Å². The molecule has 5 heteroatoms. The number of hydrogen-bond donors (Lipinski definition) is 1. The Kier molecular flexibility index (Phi) is 8.15. The SMILES string of the molecule is CC(C)(C)c1ccc(Nc2cc3c(cc2-c2ccc4c5cc6c(cc5n5c4c2Bc2cc4c(cc2-5)sc2ccccc24)sc2ccccc26)-c2cc4c(cc2C3(C)C)C(C)(C)CCC4(C)C)cc1. The number of hydrogen-bond acceptors (Lipinski definition) is 3. The van der Waals surface area contributed by atoms with Gasteiger partial charge >= 0.3 is 0 Å². The fraction of sp³-hybridized carbons (Fsp3) is 0.238. The van der Waals surface area contributed by atoms with Crippen molar-refractivity contribution in [3.8, 4) is 27.9 Å². The maximum absolute atomic E-state index is 4.08. The molecule has 2 aliphatic carbocycles. The van der Waals surface area contributed by atoms with Crippen LogP contribution in [-0.2, 0) is 21.7 Å². The zero-order valence-corrected chi connectivity index (χ0v) is 42.2. The third-order valence-electron chi connectivity index (χ3n) is 16.8. The number of rotatable bonds is 3. The van der Waals surface area contributed by atoms with E-state index in [-0.39, 0.29) is 21.7 Å². The standard InChI is InChI=1S/C63H55BN2S2/c1-60(2,3)34-18-20-35(21-19-34)65-51-31-47-40(41-28-48-49(30-46(41)63(47,8)9)62(6,7)25-24-61(48,4)5)26-42(51)38-22-23-39-43-27-44-36-14-10-12-16-54(36)67-56(44)32-52(43)66-53-33-57-45(29-50(53)64-58(38)59(39)66)37-15-11-13-17-55(37)68-57/h10-23,26-33,64-65H,24-25H2,1-9H3. The van der Waals surface area contributed by atoms with Gasteiger partial charge in [0, 0.05) is 79.3 Å². The minimum Gasteiger partial charge on any atom is -0.355 e. The Hall–Kier alpha value is -6.14. The number of anilines is 2. The van der Waals surface area contributed by atoms with E-state index >= 15 is 0 Å². The van der Waals surface area contributed by atoms with Crippen molar-refractivity contribution in [3.05, 3.63) is 161 Å². The molecule has 0 amide bonds. The van der Waals surface area contributed by atoms with Gasteiger partial charge in [-0.25, -0.2) is 0 Å². The van der Waals surface area contributed by atoms with E-state index in [0.29, 0.717) is 0 Å². The van der Waals surface area contributed by atoms with Crippen molar-refractivity contribution in [2.75, 3.05) is 5.32 Å². The Morgan fingerprint density at radius 3 is 1.82 bits per heavy atom. The van der Waals surface area contributed by atoms with Crippen LogP contribution in [0.25, 0.3) is 90.1 Å². The van der Waals surface area contributed by atoms with Gasteiger partial charge in [-0.3, -0.25) is 0 Å². The molecule has 8 aromatic carbocycles. The number of thiophene rings is 2. The predicted molar refractivity (Wildman–Crippen MR) is 300 cm³/mol. The normalized spacial score (nSPS) is 16.4. The third-order valence-corrected chi connectivity index (χ3v) is 19.1. The Bertz CT molecular complexity index is 4030. The van der Waals surface area contributed by atoms with Crippen LogP contribution in [0.4, 0.5) is 11.4 Å². The van der Waals surface area contributed by atoms with Gasteiger partial charge < -0.3 is 9.88 Å². The van der Waals surface area contributed by atoms with Crippen LogP contribution in [0.2, 0.25) is 0 Å². The summed E-state index contributed by atoms with van der Waals surface area (Å²) in [6.07, 6.45) is 2.41. The summed E-state index contributed by atoms with van der Waals surface area (Å²) in [5.74, 6) is 0. The van der Waals surface area contributed by atoms with Gasteiger partial charge in [0.25, 0.3) is 0 Å². The highest BCUT2D eigenvalue weighted by atomic mass is 32.1. The minimum absolute atomic E-state index is 0.0747. The first-order valence-electron chi connectivity index (χ1n) is 24.7. The number of fused-ring (bicyclic) bond motifs is 15. The van der Waals surface area contributed by atoms with Gasteiger partial charge in [-0.1, -0.05) is 141 Å². The summed E-state index contributed by atoms with van der Waals surface area (Å²) in [5, 5.41) is 12.1. The lowest BCUT2D eigenvalue weighted by atomic mass is 9.59. The van der Waals surface area contributed by atoms with Gasteiger partial charge in [0.15, 0.2) is 7.28 Å². The van der Waals surface area contributed by atoms with E-state index < -0.39 is 0 Å². The quantitative estimate of drug-likeness (QED) is 0.175. The molecule has 332 valence electrons. The molecule has 1 aliphatic heterocycles. The number of benzene rings is 8. The van der Waals surface area contributed by atoms with Gasteiger partial charge in [0.2, 0.25) is 0 Å². The van der Waals surface area contributed by atoms with Crippen molar-refractivity contribution in [2.45, 2.75) is 96.8 Å². The molecule has 14 rings (SSSR count). The average molecular weight is 915 g/mol. The molecule has 3 aliphatic rings. The average Bonchev–Trinajstić information content (AvgIpc) is 4.02. The Morgan fingerprint density at radius 2 is 1.13 bits per heavy atom. The molecule has 2 nitrogen and oxygen atoms in total. The predicted octanol–water partition coefficient (Wildman–Crippen LogP) is 16.6. The molecular formula is C63H55BN2S2. The second-order valence-electron chi connectivity index (χ2n) is 23.3. The van der Waals surface area contributed by atoms with E-state index in [2.05, 4.69) is 206 Å². The molecule has 11 aromatic rings. The highest BCUT2D eigenvalue weighted by Crippen LogP contribution is 2.56. The number of nitrogens with zero attached hydrogens (tertiary/aromatic N) is 1. The van der Waals surface area contributed by atoms with Crippen molar-refractivity contribution < 1.29 is 0 Å². The van der Waals surface area contributed by atoms with Crippen molar-refractivity contribution in [1.82, 2.24) is 4.57 Å². The minimum atomic E-state index is -0.169. The summed E-state index contributed by atoms with van der Waals surface area (Å²) in [4.78, 5) is 0. The number of aromatic nitrogens is 1. The maximum atomic E-state index is 4.08. The van der Waals surface area contributed by atoms with Gasteiger partial charge in [-0.2, -0.15) is 0 Å². The molecule has 0 spiro atoms. The first kappa shape index (κ1) is 40.9. The molecule has 4 heterocycles. The van der Waals surface area contributed by atoms with Crippen LogP contribution in [0.3, 0.4) is 0 Å². The lowest BCUT2D eigenvalue weighted by Gasteiger charge is -2.42. The van der Waals surface area contributed by atoms with Crippen LogP contribution in [0.15, 0.2) is 133 Å². The molecule has 0 saturated heterocycles. The first-order chi connectivity index (χ1) is 32.5. The second-order valence-corrected chi connectivity index (χ2v) is 25.4. The monoisotopic (exact) mass is 914 g/mol. The van der Waals surface area contributed by atoms with E-state index in [1.807, 2.05) is 22.7 Å². The van der Waals surface area contributed by atoms with Crippen molar-refractivity contribution in [1.29, 1.82) is 0 Å². The molecule has 0 unspecified atom stereocenters. The number of nitrogens with one attached hydrogen (secondary N) is 1. The lowest BCUT2D eigenvalue weighted by Crippen LogP contribution is -2.37. The highest BCUT2D eigenvalue weighted by molar-refractivity contribution is 7.26.